The molecule has 9 heteroatoms. The molecule has 1 fully saturated rings. The Bertz CT molecular complexity index is 876. The van der Waals surface area contributed by atoms with Crippen molar-refractivity contribution in [2.45, 2.75) is 48.2 Å². The van der Waals surface area contributed by atoms with E-state index < -0.39 is 10.0 Å². The van der Waals surface area contributed by atoms with E-state index in [9.17, 15) is 13.2 Å². The van der Waals surface area contributed by atoms with Gasteiger partial charge in [0.15, 0.2) is 5.16 Å². The number of aryl methyl sites for hydroxylation is 1. The summed E-state index contributed by atoms with van der Waals surface area (Å²) in [5.74, 6) is -0.234. The molecule has 0 spiro atoms. The van der Waals surface area contributed by atoms with Crippen LogP contribution in [0.1, 0.15) is 20.3 Å². The number of ether oxygens (including phenoxy) is 1. The second kappa shape index (κ2) is 5.81. The summed E-state index contributed by atoms with van der Waals surface area (Å²) in [5, 5.41) is 5.55. The number of sulfonamides is 1. The van der Waals surface area contributed by atoms with E-state index in [1.54, 1.807) is 6.07 Å². The van der Waals surface area contributed by atoms with Crippen LogP contribution in [0.25, 0.3) is 11.0 Å². The van der Waals surface area contributed by atoms with Crippen molar-refractivity contribution >= 4 is 38.8 Å². The summed E-state index contributed by atoms with van der Waals surface area (Å²) in [4.78, 5) is 16.3. The number of nitrogens with zero attached hydrogens (tertiary/aromatic N) is 2. The lowest BCUT2D eigenvalue weighted by Gasteiger charge is -2.07. The summed E-state index contributed by atoms with van der Waals surface area (Å²) in [6.45, 7) is 4.48. The van der Waals surface area contributed by atoms with E-state index in [0.717, 1.165) is 5.52 Å². The molecule has 1 aliphatic heterocycles. The van der Waals surface area contributed by atoms with Gasteiger partial charge in [0, 0.05) is 13.0 Å². The van der Waals surface area contributed by atoms with Crippen molar-refractivity contribution < 1.29 is 17.9 Å². The molecule has 3 rings (SSSR count). The van der Waals surface area contributed by atoms with Gasteiger partial charge < -0.3 is 9.30 Å². The average Bonchev–Trinajstić information content (AvgIpc) is 2.96. The van der Waals surface area contributed by atoms with E-state index in [1.165, 1.54) is 23.9 Å². The normalized spacial score (nSPS) is 21.8. The fourth-order valence-corrected chi connectivity index (χ4v) is 4.42. The number of fused-ring (bicyclic) bond motifs is 1. The van der Waals surface area contributed by atoms with Gasteiger partial charge in [-0.1, -0.05) is 11.8 Å². The smallest absolute Gasteiger partial charge is 0.319 e. The maximum atomic E-state index is 11.8. The second-order valence-corrected chi connectivity index (χ2v) is 8.16. The van der Waals surface area contributed by atoms with E-state index in [1.807, 2.05) is 18.4 Å². The van der Waals surface area contributed by atoms with Crippen molar-refractivity contribution in [2.24, 2.45) is 5.14 Å². The van der Waals surface area contributed by atoms with Gasteiger partial charge in [0.25, 0.3) is 0 Å². The Labute approximate surface area is 138 Å². The van der Waals surface area contributed by atoms with Crippen molar-refractivity contribution in [2.75, 3.05) is 0 Å². The van der Waals surface area contributed by atoms with Crippen LogP contribution in [-0.2, 0) is 26.1 Å². The highest BCUT2D eigenvalue weighted by Crippen LogP contribution is 2.34. The van der Waals surface area contributed by atoms with Crippen LogP contribution in [0.5, 0.6) is 0 Å². The van der Waals surface area contributed by atoms with E-state index in [2.05, 4.69) is 4.98 Å². The number of hydrogen-bond acceptors (Lipinski definition) is 6. The number of primary sulfonamides is 1. The average molecular weight is 355 g/mol. The molecule has 2 unspecified atom stereocenters. The summed E-state index contributed by atoms with van der Waals surface area (Å²) in [6, 6.07) is 4.60. The quantitative estimate of drug-likeness (QED) is 0.834. The number of rotatable bonds is 4. The molecule has 2 N–H and O–H groups in total. The molecule has 2 heterocycles. The van der Waals surface area contributed by atoms with Gasteiger partial charge in [-0.2, -0.15) is 0 Å². The molecule has 1 aliphatic rings. The van der Waals surface area contributed by atoms with E-state index in [0.29, 0.717) is 23.6 Å². The monoisotopic (exact) mass is 355 g/mol. The zero-order valence-electron chi connectivity index (χ0n) is 12.7. The first-order valence-electron chi connectivity index (χ1n) is 7.20. The number of nitrogens with two attached hydrogens (primary N) is 1. The van der Waals surface area contributed by atoms with Crippen LogP contribution >= 0.6 is 11.8 Å². The van der Waals surface area contributed by atoms with Crippen LogP contribution in [0, 0.1) is 0 Å². The highest BCUT2D eigenvalue weighted by Gasteiger charge is 2.34. The molecule has 124 valence electrons. The first kappa shape index (κ1) is 16.3. The first-order chi connectivity index (χ1) is 10.8. The molecule has 1 aromatic heterocycles. The molecule has 1 aromatic carbocycles. The van der Waals surface area contributed by atoms with Gasteiger partial charge in [0.2, 0.25) is 10.0 Å². The number of benzene rings is 1. The number of aromatic nitrogens is 2. The second-order valence-electron chi connectivity index (χ2n) is 5.42. The van der Waals surface area contributed by atoms with Gasteiger partial charge in [0.1, 0.15) is 11.4 Å². The summed E-state index contributed by atoms with van der Waals surface area (Å²) in [5.41, 5.74) is 1.35. The molecule has 0 aliphatic carbocycles. The molecular formula is C14H17N3O4S2. The maximum Gasteiger partial charge on any atom is 0.319 e. The summed E-state index contributed by atoms with van der Waals surface area (Å²) in [7, 11) is -3.77. The maximum absolute atomic E-state index is 11.8. The zero-order chi connectivity index (χ0) is 16.8. The van der Waals surface area contributed by atoms with Crippen LogP contribution in [-0.4, -0.2) is 35.3 Å². The lowest BCUT2D eigenvalue weighted by molar-refractivity contribution is -0.140. The molecule has 0 bridgehead atoms. The van der Waals surface area contributed by atoms with Crippen LogP contribution in [0.4, 0.5) is 0 Å². The molecule has 7 nitrogen and oxygen atoms in total. The van der Waals surface area contributed by atoms with Gasteiger partial charge in [-0.15, -0.1) is 0 Å². The van der Waals surface area contributed by atoms with Gasteiger partial charge in [-0.25, -0.2) is 18.5 Å². The highest BCUT2D eigenvalue weighted by molar-refractivity contribution is 8.00. The van der Waals surface area contributed by atoms with E-state index in [-0.39, 0.29) is 22.2 Å². The number of hydrogen-bond donors (Lipinski definition) is 1. The number of thioether (sulfide) groups is 1. The van der Waals surface area contributed by atoms with E-state index in [4.69, 9.17) is 9.88 Å². The lowest BCUT2D eigenvalue weighted by atomic mass is 10.3. The Balaban J connectivity index is 2.02. The van der Waals surface area contributed by atoms with Gasteiger partial charge >= 0.3 is 5.97 Å². The van der Waals surface area contributed by atoms with Crippen molar-refractivity contribution in [3.05, 3.63) is 18.2 Å². The molecule has 0 saturated carbocycles. The molecular weight excluding hydrogens is 338 g/mol. The summed E-state index contributed by atoms with van der Waals surface area (Å²) < 4.78 is 30.1. The van der Waals surface area contributed by atoms with Crippen LogP contribution < -0.4 is 5.14 Å². The Morgan fingerprint density at radius 3 is 2.78 bits per heavy atom. The zero-order valence-corrected chi connectivity index (χ0v) is 14.4. The molecule has 23 heavy (non-hydrogen) atoms. The van der Waals surface area contributed by atoms with Crippen molar-refractivity contribution in [1.82, 2.24) is 9.55 Å². The molecule has 0 radical (unpaired) electrons. The Morgan fingerprint density at radius 1 is 1.48 bits per heavy atom. The minimum absolute atomic E-state index is 0.0243. The van der Waals surface area contributed by atoms with Crippen LogP contribution in [0.15, 0.2) is 28.3 Å². The Kier molecular flexibility index (Phi) is 4.11. The minimum Gasteiger partial charge on any atom is -0.462 e. The SMILES string of the molecule is CCn1c(SC2CC(C)OC2=O)nc2cc(S(N)(=O)=O)ccc21. The van der Waals surface area contributed by atoms with Crippen LogP contribution in [0.2, 0.25) is 0 Å². The number of imidazole rings is 1. The van der Waals surface area contributed by atoms with Crippen molar-refractivity contribution in [3.8, 4) is 0 Å². The Morgan fingerprint density at radius 2 is 2.22 bits per heavy atom. The predicted octanol–water partition coefficient (Wildman–Crippen LogP) is 1.50. The third-order valence-corrected chi connectivity index (χ3v) is 5.81. The van der Waals surface area contributed by atoms with Gasteiger partial charge in [-0.05, 0) is 32.0 Å². The third-order valence-electron chi connectivity index (χ3n) is 3.70. The number of carbonyl (C=O) groups is 1. The van der Waals surface area contributed by atoms with Crippen molar-refractivity contribution in [1.29, 1.82) is 0 Å². The third kappa shape index (κ3) is 3.08. The first-order valence-corrected chi connectivity index (χ1v) is 9.62. The molecule has 0 amide bonds. The predicted molar refractivity (Wildman–Crippen MR) is 86.6 cm³/mol. The summed E-state index contributed by atoms with van der Waals surface area (Å²) in [6.07, 6.45) is 0.548. The topological polar surface area (TPSA) is 104 Å². The van der Waals surface area contributed by atoms with Gasteiger partial charge in [-0.3, -0.25) is 4.79 Å². The fourth-order valence-electron chi connectivity index (χ4n) is 2.60. The van der Waals surface area contributed by atoms with Crippen LogP contribution in [0.3, 0.4) is 0 Å². The van der Waals surface area contributed by atoms with Crippen molar-refractivity contribution in [3.63, 3.8) is 0 Å². The fraction of sp³-hybridized carbons (Fsp3) is 0.429. The largest absolute Gasteiger partial charge is 0.462 e. The molecule has 1 saturated heterocycles. The standard InChI is InChI=1S/C14H17N3O4S2/c1-3-17-11-5-4-9(23(15,19)20)7-10(11)16-14(17)22-12-6-8(2)21-13(12)18/h4-5,7-8,12H,3,6H2,1-2H3,(H2,15,19,20). The number of carbonyl (C=O) groups excluding carboxylic acids is 1. The number of esters is 1. The molecule has 2 atom stereocenters. The summed E-state index contributed by atoms with van der Waals surface area (Å²) >= 11 is 1.35. The van der Waals surface area contributed by atoms with Gasteiger partial charge in [0.05, 0.1) is 15.9 Å². The minimum atomic E-state index is -3.77. The highest BCUT2D eigenvalue weighted by atomic mass is 32.2. The lowest BCUT2D eigenvalue weighted by Crippen LogP contribution is -2.11. The Hall–Kier alpha value is -1.58. The van der Waals surface area contributed by atoms with E-state index >= 15 is 0 Å². The number of cyclic esters (lactones) is 1. The molecule has 2 aromatic rings.